The number of nitrogens with one attached hydrogen (secondary N) is 1. The number of halogens is 1. The number of methoxy groups -OCH3 is 2. The summed E-state index contributed by atoms with van der Waals surface area (Å²) in [6.45, 7) is 4.38. The number of anilines is 1. The number of piperidine rings is 1. The minimum Gasteiger partial charge on any atom is -0.383 e. The Hall–Kier alpha value is -0.810. The van der Waals surface area contributed by atoms with Gasteiger partial charge in [-0.3, -0.25) is 0 Å². The summed E-state index contributed by atoms with van der Waals surface area (Å²) in [6.07, 6.45) is 2.60. The second-order valence-electron chi connectivity index (χ2n) is 5.39. The molecular weight excluding hydrogens is 288 g/mol. The smallest absolute Gasteiger partial charge is 0.0746 e. The highest BCUT2D eigenvalue weighted by Gasteiger charge is 2.21. The largest absolute Gasteiger partial charge is 0.383 e. The fourth-order valence-corrected chi connectivity index (χ4v) is 2.89. The SMILES string of the molecule is COCCNCc1ccc(Cl)cc1N1CCCC(OC)C1. The first-order valence-corrected chi connectivity index (χ1v) is 7.88. The Bertz CT molecular complexity index is 442. The van der Waals surface area contributed by atoms with E-state index in [0.717, 1.165) is 50.7 Å². The molecule has 21 heavy (non-hydrogen) atoms. The van der Waals surface area contributed by atoms with Gasteiger partial charge in [0.15, 0.2) is 0 Å². The molecule has 1 heterocycles. The Morgan fingerprint density at radius 3 is 3.00 bits per heavy atom. The molecule has 0 aromatic heterocycles. The maximum absolute atomic E-state index is 6.19. The van der Waals surface area contributed by atoms with E-state index in [4.69, 9.17) is 21.1 Å². The number of hydrogen-bond donors (Lipinski definition) is 1. The minimum atomic E-state index is 0.312. The van der Waals surface area contributed by atoms with Crippen molar-refractivity contribution in [3.63, 3.8) is 0 Å². The molecule has 1 aliphatic heterocycles. The Kier molecular flexibility index (Phi) is 6.77. The van der Waals surface area contributed by atoms with Gasteiger partial charge in [-0.1, -0.05) is 17.7 Å². The van der Waals surface area contributed by atoms with Gasteiger partial charge >= 0.3 is 0 Å². The molecule has 0 bridgehead atoms. The van der Waals surface area contributed by atoms with Crippen LogP contribution in [0, 0.1) is 0 Å². The van der Waals surface area contributed by atoms with E-state index in [9.17, 15) is 0 Å². The van der Waals surface area contributed by atoms with Crippen molar-refractivity contribution in [1.82, 2.24) is 5.32 Å². The van der Waals surface area contributed by atoms with Crippen molar-refractivity contribution >= 4 is 17.3 Å². The Labute approximate surface area is 132 Å². The van der Waals surface area contributed by atoms with Crippen LogP contribution in [0.5, 0.6) is 0 Å². The van der Waals surface area contributed by atoms with Crippen molar-refractivity contribution in [1.29, 1.82) is 0 Å². The second kappa shape index (κ2) is 8.59. The van der Waals surface area contributed by atoms with Crippen LogP contribution in [0.4, 0.5) is 5.69 Å². The molecule has 2 rings (SSSR count). The Balaban J connectivity index is 2.07. The molecule has 1 N–H and O–H groups in total. The molecule has 0 amide bonds. The van der Waals surface area contributed by atoms with Gasteiger partial charge < -0.3 is 19.7 Å². The third kappa shape index (κ3) is 4.85. The summed E-state index contributed by atoms with van der Waals surface area (Å²) in [6, 6.07) is 6.12. The van der Waals surface area contributed by atoms with Crippen LogP contribution in [0.15, 0.2) is 18.2 Å². The van der Waals surface area contributed by atoms with E-state index < -0.39 is 0 Å². The number of ether oxygens (including phenoxy) is 2. The van der Waals surface area contributed by atoms with E-state index in [1.54, 1.807) is 14.2 Å². The first-order valence-electron chi connectivity index (χ1n) is 7.50. The van der Waals surface area contributed by atoms with Crippen molar-refractivity contribution in [2.24, 2.45) is 0 Å². The molecule has 1 saturated heterocycles. The monoisotopic (exact) mass is 312 g/mol. The topological polar surface area (TPSA) is 33.7 Å². The molecule has 118 valence electrons. The molecule has 5 heteroatoms. The van der Waals surface area contributed by atoms with Crippen molar-refractivity contribution < 1.29 is 9.47 Å². The quantitative estimate of drug-likeness (QED) is 0.785. The lowest BCUT2D eigenvalue weighted by atomic mass is 10.0. The van der Waals surface area contributed by atoms with Crippen LogP contribution in [-0.2, 0) is 16.0 Å². The summed E-state index contributed by atoms with van der Waals surface area (Å²) in [5.41, 5.74) is 2.49. The van der Waals surface area contributed by atoms with Gasteiger partial charge in [0.05, 0.1) is 12.7 Å². The molecule has 4 nitrogen and oxygen atoms in total. The van der Waals surface area contributed by atoms with Crippen molar-refractivity contribution in [3.8, 4) is 0 Å². The fourth-order valence-electron chi connectivity index (χ4n) is 2.73. The lowest BCUT2D eigenvalue weighted by molar-refractivity contribution is 0.0893. The van der Waals surface area contributed by atoms with Crippen LogP contribution in [-0.4, -0.2) is 46.6 Å². The number of nitrogens with zero attached hydrogens (tertiary/aromatic N) is 1. The van der Waals surface area contributed by atoms with Gasteiger partial charge in [0.2, 0.25) is 0 Å². The number of rotatable bonds is 7. The van der Waals surface area contributed by atoms with Crippen molar-refractivity contribution in [3.05, 3.63) is 28.8 Å². The summed E-state index contributed by atoms with van der Waals surface area (Å²) in [4.78, 5) is 2.39. The van der Waals surface area contributed by atoms with E-state index >= 15 is 0 Å². The third-order valence-electron chi connectivity index (χ3n) is 3.90. The number of hydrogen-bond acceptors (Lipinski definition) is 4. The summed E-state index contributed by atoms with van der Waals surface area (Å²) in [5.74, 6) is 0. The predicted octanol–water partition coefficient (Wildman–Crippen LogP) is 2.69. The average Bonchev–Trinajstić information content (AvgIpc) is 2.52. The molecule has 0 aliphatic carbocycles. The van der Waals surface area contributed by atoms with Gasteiger partial charge in [-0.2, -0.15) is 0 Å². The predicted molar refractivity (Wildman–Crippen MR) is 87.3 cm³/mol. The first kappa shape index (κ1) is 16.6. The summed E-state index contributed by atoms with van der Waals surface area (Å²) < 4.78 is 10.6. The van der Waals surface area contributed by atoms with E-state index in [2.05, 4.69) is 22.3 Å². The van der Waals surface area contributed by atoms with Gasteiger partial charge in [-0.25, -0.2) is 0 Å². The molecule has 0 radical (unpaired) electrons. The summed E-state index contributed by atoms with van der Waals surface area (Å²) in [5, 5.41) is 4.18. The van der Waals surface area contributed by atoms with Crippen LogP contribution in [0.1, 0.15) is 18.4 Å². The molecule has 0 spiro atoms. The van der Waals surface area contributed by atoms with E-state index in [1.807, 2.05) is 6.07 Å². The first-order chi connectivity index (χ1) is 10.2. The zero-order valence-corrected chi connectivity index (χ0v) is 13.7. The van der Waals surface area contributed by atoms with Crippen molar-refractivity contribution in [2.45, 2.75) is 25.5 Å². The standard InChI is InChI=1S/C16H25ClN2O2/c1-20-9-7-18-11-13-5-6-14(17)10-16(13)19-8-3-4-15(12-19)21-2/h5-6,10,15,18H,3-4,7-9,11-12H2,1-2H3. The van der Waals surface area contributed by atoms with Gasteiger partial charge in [-0.15, -0.1) is 0 Å². The zero-order chi connectivity index (χ0) is 15.1. The van der Waals surface area contributed by atoms with Gasteiger partial charge in [-0.05, 0) is 30.5 Å². The van der Waals surface area contributed by atoms with E-state index in [0.29, 0.717) is 6.10 Å². The normalized spacial score (nSPS) is 19.0. The summed E-state index contributed by atoms with van der Waals surface area (Å²) in [7, 11) is 3.51. The van der Waals surface area contributed by atoms with Crippen LogP contribution in [0.25, 0.3) is 0 Å². The number of benzene rings is 1. The second-order valence-corrected chi connectivity index (χ2v) is 5.83. The van der Waals surface area contributed by atoms with Crippen molar-refractivity contribution in [2.75, 3.05) is 45.4 Å². The van der Waals surface area contributed by atoms with Gasteiger partial charge in [0.1, 0.15) is 0 Å². The molecular formula is C16H25ClN2O2. The maximum atomic E-state index is 6.19. The maximum Gasteiger partial charge on any atom is 0.0746 e. The lowest BCUT2D eigenvalue weighted by Crippen LogP contribution is -2.40. The zero-order valence-electron chi connectivity index (χ0n) is 12.9. The highest BCUT2D eigenvalue weighted by molar-refractivity contribution is 6.30. The van der Waals surface area contributed by atoms with E-state index in [1.165, 1.54) is 11.3 Å². The Morgan fingerprint density at radius 2 is 2.24 bits per heavy atom. The molecule has 1 fully saturated rings. The van der Waals surface area contributed by atoms with E-state index in [-0.39, 0.29) is 0 Å². The van der Waals surface area contributed by atoms with Crippen LogP contribution < -0.4 is 10.2 Å². The van der Waals surface area contributed by atoms with Crippen LogP contribution in [0.3, 0.4) is 0 Å². The fraction of sp³-hybridized carbons (Fsp3) is 0.625. The molecule has 1 unspecified atom stereocenters. The molecule has 1 aromatic carbocycles. The van der Waals surface area contributed by atoms with Gasteiger partial charge in [0.25, 0.3) is 0 Å². The van der Waals surface area contributed by atoms with Crippen LogP contribution in [0.2, 0.25) is 5.02 Å². The molecule has 1 atom stereocenters. The minimum absolute atomic E-state index is 0.312. The van der Waals surface area contributed by atoms with Crippen LogP contribution >= 0.6 is 11.6 Å². The lowest BCUT2D eigenvalue weighted by Gasteiger charge is -2.35. The highest BCUT2D eigenvalue weighted by atomic mass is 35.5. The third-order valence-corrected chi connectivity index (χ3v) is 4.13. The Morgan fingerprint density at radius 1 is 1.38 bits per heavy atom. The summed E-state index contributed by atoms with van der Waals surface area (Å²) >= 11 is 6.19. The highest BCUT2D eigenvalue weighted by Crippen LogP contribution is 2.28. The molecule has 0 saturated carbocycles. The average molecular weight is 313 g/mol. The molecule has 1 aromatic rings. The molecule has 1 aliphatic rings. The van der Waals surface area contributed by atoms with Gasteiger partial charge in [0, 0.05) is 51.1 Å².